The van der Waals surface area contributed by atoms with Crippen molar-refractivity contribution in [1.29, 1.82) is 0 Å². The number of imidazole rings is 1. The van der Waals surface area contributed by atoms with Crippen molar-refractivity contribution in [3.63, 3.8) is 0 Å². The largest absolute Gasteiger partial charge is 0.494 e. The Bertz CT molecular complexity index is 1020. The van der Waals surface area contributed by atoms with Crippen molar-refractivity contribution in [2.24, 2.45) is 0 Å². The molecule has 4 aromatic rings. The van der Waals surface area contributed by atoms with Crippen molar-refractivity contribution < 1.29 is 9.53 Å². The van der Waals surface area contributed by atoms with Gasteiger partial charge in [-0.2, -0.15) is 0 Å². The smallest absolute Gasteiger partial charge is 0.195 e. The maximum Gasteiger partial charge on any atom is 0.195 e. The van der Waals surface area contributed by atoms with Crippen LogP contribution in [-0.4, -0.2) is 22.3 Å². The van der Waals surface area contributed by atoms with Gasteiger partial charge in [0.25, 0.3) is 0 Å². The fourth-order valence-electron chi connectivity index (χ4n) is 2.89. The van der Waals surface area contributed by atoms with Crippen LogP contribution < -0.4 is 4.74 Å². The van der Waals surface area contributed by atoms with Gasteiger partial charge in [0.2, 0.25) is 0 Å². The van der Waals surface area contributed by atoms with Crippen molar-refractivity contribution >= 4 is 22.6 Å². The minimum absolute atomic E-state index is 0.575. The number of thiazole rings is 1. The number of fused-ring (bicyclic) bond motifs is 1. The van der Waals surface area contributed by atoms with E-state index in [1.165, 1.54) is 11.3 Å². The molecule has 0 N–H and O–H groups in total. The summed E-state index contributed by atoms with van der Waals surface area (Å²) in [6.07, 6.45) is 0.882. The van der Waals surface area contributed by atoms with Crippen LogP contribution in [0.1, 0.15) is 17.4 Å². The molecule has 2 aromatic carbocycles. The Morgan fingerprint density at radius 1 is 1.08 bits per heavy atom. The van der Waals surface area contributed by atoms with Crippen LogP contribution in [0.3, 0.4) is 0 Å². The van der Waals surface area contributed by atoms with Gasteiger partial charge in [0.15, 0.2) is 11.2 Å². The van der Waals surface area contributed by atoms with Crippen LogP contribution in [0.4, 0.5) is 0 Å². The Balaban J connectivity index is 1.86. The summed E-state index contributed by atoms with van der Waals surface area (Å²) in [4.78, 5) is 17.3. The number of benzene rings is 2. The van der Waals surface area contributed by atoms with Crippen molar-refractivity contribution in [2.75, 3.05) is 6.61 Å². The van der Waals surface area contributed by atoms with Crippen LogP contribution >= 0.6 is 11.3 Å². The first-order chi connectivity index (χ1) is 12.3. The Morgan fingerprint density at radius 3 is 2.52 bits per heavy atom. The second-order valence-electron chi connectivity index (χ2n) is 5.53. The van der Waals surface area contributed by atoms with Crippen LogP contribution in [0, 0.1) is 0 Å². The highest BCUT2D eigenvalue weighted by molar-refractivity contribution is 7.15. The zero-order valence-electron chi connectivity index (χ0n) is 13.7. The number of rotatable bonds is 5. The molecule has 4 rings (SSSR count). The van der Waals surface area contributed by atoms with Crippen LogP contribution in [0.25, 0.3) is 27.5 Å². The molecule has 0 aliphatic carbocycles. The number of carbonyl (C=O) groups excluding carboxylic acids is 1. The molecule has 0 aliphatic heterocycles. The summed E-state index contributed by atoms with van der Waals surface area (Å²) < 4.78 is 7.43. The van der Waals surface area contributed by atoms with Gasteiger partial charge in [-0.1, -0.05) is 30.3 Å². The highest BCUT2D eigenvalue weighted by Gasteiger charge is 2.18. The fourth-order valence-corrected chi connectivity index (χ4v) is 3.79. The lowest BCUT2D eigenvalue weighted by atomic mass is 10.1. The number of carbonyl (C=O) groups is 1. The maximum atomic E-state index is 11.8. The summed E-state index contributed by atoms with van der Waals surface area (Å²) in [5, 5.41) is 2.03. The first-order valence-corrected chi connectivity index (χ1v) is 8.93. The van der Waals surface area contributed by atoms with E-state index < -0.39 is 0 Å². The summed E-state index contributed by atoms with van der Waals surface area (Å²) in [5.74, 6) is 0.837. The highest BCUT2D eigenvalue weighted by Crippen LogP contribution is 2.32. The maximum absolute atomic E-state index is 11.8. The highest BCUT2D eigenvalue weighted by atomic mass is 32.1. The molecule has 0 saturated heterocycles. The van der Waals surface area contributed by atoms with E-state index in [2.05, 4.69) is 4.98 Å². The molecule has 124 valence electrons. The Labute approximate surface area is 149 Å². The third-order valence-corrected chi connectivity index (χ3v) is 4.84. The van der Waals surface area contributed by atoms with Crippen LogP contribution in [-0.2, 0) is 0 Å². The summed E-state index contributed by atoms with van der Waals surface area (Å²) >= 11 is 1.53. The number of nitrogens with zero attached hydrogens (tertiary/aromatic N) is 2. The zero-order valence-corrected chi connectivity index (χ0v) is 14.5. The second kappa shape index (κ2) is 6.53. The topological polar surface area (TPSA) is 43.6 Å². The van der Waals surface area contributed by atoms with Crippen LogP contribution in [0.5, 0.6) is 5.75 Å². The molecule has 0 saturated carbocycles. The number of aromatic nitrogens is 2. The molecule has 0 bridgehead atoms. The standard InChI is InChI=1S/C20H16N2O2S/c1-2-24-16-10-8-14(9-11-16)18-13-25-20-21-19(17(12-23)22(18)20)15-6-4-3-5-7-15/h3-13H,2H2,1H3. The zero-order chi connectivity index (χ0) is 17.2. The molecule has 0 unspecified atom stereocenters. The minimum atomic E-state index is 0.575. The summed E-state index contributed by atoms with van der Waals surface area (Å²) in [5.41, 5.74) is 4.22. The molecule has 4 nitrogen and oxygen atoms in total. The predicted octanol–water partition coefficient (Wildman–Crippen LogP) is 4.94. The molecule has 0 radical (unpaired) electrons. The van der Waals surface area contributed by atoms with Crippen molar-refractivity contribution in [2.45, 2.75) is 6.92 Å². The van der Waals surface area contributed by atoms with Crippen LogP contribution in [0.15, 0.2) is 60.0 Å². The van der Waals surface area contributed by atoms with Gasteiger partial charge in [0, 0.05) is 10.9 Å². The van der Waals surface area contributed by atoms with Gasteiger partial charge in [-0.25, -0.2) is 4.98 Å². The predicted molar refractivity (Wildman–Crippen MR) is 100 cm³/mol. The SMILES string of the molecule is CCOc1ccc(-c2csc3nc(-c4ccccc4)c(C=O)n23)cc1. The fraction of sp³-hybridized carbons (Fsp3) is 0.100. The molecule has 0 spiro atoms. The van der Waals surface area contributed by atoms with Crippen molar-refractivity contribution in [3.8, 4) is 28.3 Å². The third-order valence-electron chi connectivity index (χ3n) is 4.02. The van der Waals surface area contributed by atoms with E-state index in [0.29, 0.717) is 12.3 Å². The number of hydrogen-bond acceptors (Lipinski definition) is 4. The summed E-state index contributed by atoms with van der Waals surface area (Å²) in [6.45, 7) is 2.60. The Hall–Kier alpha value is -2.92. The first-order valence-electron chi connectivity index (χ1n) is 8.05. The normalized spacial score (nSPS) is 10.9. The monoisotopic (exact) mass is 348 g/mol. The van der Waals surface area contributed by atoms with E-state index >= 15 is 0 Å². The van der Waals surface area contributed by atoms with Gasteiger partial charge in [0.05, 0.1) is 12.3 Å². The average Bonchev–Trinajstić information content (AvgIpc) is 3.22. The average molecular weight is 348 g/mol. The Kier molecular flexibility index (Phi) is 4.07. The molecule has 0 atom stereocenters. The molecule has 2 aromatic heterocycles. The van der Waals surface area contributed by atoms with E-state index in [-0.39, 0.29) is 0 Å². The molecular weight excluding hydrogens is 332 g/mol. The van der Waals surface area contributed by atoms with Gasteiger partial charge in [-0.05, 0) is 36.8 Å². The second-order valence-corrected chi connectivity index (χ2v) is 6.36. The Morgan fingerprint density at radius 2 is 1.84 bits per heavy atom. The van der Waals surface area contributed by atoms with Gasteiger partial charge in [-0.3, -0.25) is 9.20 Å². The first kappa shape index (κ1) is 15.6. The lowest BCUT2D eigenvalue weighted by molar-refractivity contribution is 0.111. The minimum Gasteiger partial charge on any atom is -0.494 e. The van der Waals surface area contributed by atoms with Crippen molar-refractivity contribution in [3.05, 3.63) is 65.7 Å². The molecule has 0 amide bonds. The molecule has 5 heteroatoms. The van der Waals surface area contributed by atoms with Gasteiger partial charge >= 0.3 is 0 Å². The van der Waals surface area contributed by atoms with E-state index in [4.69, 9.17) is 4.74 Å². The molecule has 2 heterocycles. The molecular formula is C20H16N2O2S. The number of aldehydes is 1. The molecule has 0 aliphatic rings. The van der Waals surface area contributed by atoms with Gasteiger partial charge < -0.3 is 4.74 Å². The van der Waals surface area contributed by atoms with Crippen molar-refractivity contribution in [1.82, 2.24) is 9.38 Å². The summed E-state index contributed by atoms with van der Waals surface area (Å²) in [7, 11) is 0. The third kappa shape index (κ3) is 2.72. The number of hydrogen-bond donors (Lipinski definition) is 0. The van der Waals surface area contributed by atoms with Crippen LogP contribution in [0.2, 0.25) is 0 Å². The van der Waals surface area contributed by atoms with E-state index in [0.717, 1.165) is 39.5 Å². The molecule has 0 fully saturated rings. The quantitative estimate of drug-likeness (QED) is 0.480. The van der Waals surface area contributed by atoms with E-state index in [1.807, 2.05) is 71.3 Å². The molecule has 25 heavy (non-hydrogen) atoms. The summed E-state index contributed by atoms with van der Waals surface area (Å²) in [6, 6.07) is 17.7. The lowest BCUT2D eigenvalue weighted by Gasteiger charge is -2.05. The lowest BCUT2D eigenvalue weighted by Crippen LogP contribution is -1.95. The van der Waals surface area contributed by atoms with Gasteiger partial charge in [-0.15, -0.1) is 11.3 Å². The van der Waals surface area contributed by atoms with E-state index in [9.17, 15) is 4.79 Å². The number of ether oxygens (including phenoxy) is 1. The van der Waals surface area contributed by atoms with E-state index in [1.54, 1.807) is 0 Å². The van der Waals surface area contributed by atoms with Gasteiger partial charge in [0.1, 0.15) is 17.1 Å².